The second-order valence-electron chi connectivity index (χ2n) is 6.95. The minimum atomic E-state index is -0.185. The summed E-state index contributed by atoms with van der Waals surface area (Å²) in [5, 5.41) is 2.56. The average molecular weight is 358 g/mol. The van der Waals surface area contributed by atoms with Gasteiger partial charge in [0.1, 0.15) is 11.5 Å². The van der Waals surface area contributed by atoms with E-state index in [2.05, 4.69) is 20.2 Å². The quantitative estimate of drug-likeness (QED) is 0.855. The first-order valence-corrected chi connectivity index (χ1v) is 9.00. The molecule has 0 saturated carbocycles. The molecule has 26 heavy (non-hydrogen) atoms. The lowest BCUT2D eigenvalue weighted by Crippen LogP contribution is -2.37. The molecule has 2 aromatic rings. The molecule has 1 aliphatic rings. The maximum absolute atomic E-state index is 11.0. The number of rotatable bonds is 6. The third-order valence-electron chi connectivity index (χ3n) is 4.36. The fourth-order valence-corrected chi connectivity index (χ4v) is 3.33. The molecule has 7 heteroatoms. The number of nitrogens with one attached hydrogen (secondary N) is 1. The monoisotopic (exact) mass is 358 g/mol. The highest BCUT2D eigenvalue weighted by molar-refractivity contribution is 5.86. The van der Waals surface area contributed by atoms with Crippen LogP contribution in [-0.2, 0) is 11.3 Å². The molecule has 0 bridgehead atoms. The van der Waals surface area contributed by atoms with Gasteiger partial charge in [0.05, 0.1) is 19.3 Å². The Hall–Kier alpha value is -2.41. The molecule has 1 N–H and O–H groups in total. The van der Waals surface area contributed by atoms with Crippen molar-refractivity contribution in [1.29, 1.82) is 0 Å². The highest BCUT2D eigenvalue weighted by Gasteiger charge is 2.22. The second kappa shape index (κ2) is 8.31. The molecule has 3 heterocycles. The van der Waals surface area contributed by atoms with E-state index >= 15 is 0 Å². The maximum Gasteiger partial charge on any atom is 0.301 e. The first-order valence-electron chi connectivity index (χ1n) is 9.00. The van der Waals surface area contributed by atoms with E-state index in [1.54, 1.807) is 6.20 Å². The number of carbonyl (C=O) groups is 1. The number of oxazole rings is 1. The van der Waals surface area contributed by atoms with Gasteiger partial charge in [-0.05, 0) is 33.2 Å². The molecule has 1 aliphatic heterocycles. The molecule has 1 atom stereocenters. The molecular formula is C19H26N4O3. The van der Waals surface area contributed by atoms with E-state index in [-0.39, 0.29) is 11.9 Å². The van der Waals surface area contributed by atoms with Gasteiger partial charge in [0.2, 0.25) is 5.91 Å². The smallest absolute Gasteiger partial charge is 0.301 e. The standard InChI is InChI=1S/C19H26N4O3/c1-13-7-17(8-14(2)21-13)25-12-16-5-4-6-23(10-16)11-18-9-20-19(26-18)22-15(3)24/h7-9,16H,4-6,10-12H2,1-3H3,(H,20,22,24). The topological polar surface area (TPSA) is 80.5 Å². The van der Waals surface area contributed by atoms with Crippen LogP contribution in [0.4, 0.5) is 6.01 Å². The number of piperidine rings is 1. The summed E-state index contributed by atoms with van der Waals surface area (Å²) in [5.41, 5.74) is 1.95. The van der Waals surface area contributed by atoms with Gasteiger partial charge in [-0.25, -0.2) is 4.98 Å². The largest absolute Gasteiger partial charge is 0.493 e. The number of aryl methyl sites for hydroxylation is 2. The lowest BCUT2D eigenvalue weighted by molar-refractivity contribution is -0.114. The van der Waals surface area contributed by atoms with Crippen LogP contribution in [0.5, 0.6) is 5.75 Å². The number of carbonyl (C=O) groups excluding carboxylic acids is 1. The van der Waals surface area contributed by atoms with Crippen molar-refractivity contribution < 1.29 is 13.9 Å². The molecule has 140 valence electrons. The summed E-state index contributed by atoms with van der Waals surface area (Å²) >= 11 is 0. The van der Waals surface area contributed by atoms with Crippen LogP contribution in [0.2, 0.25) is 0 Å². The van der Waals surface area contributed by atoms with Gasteiger partial charge in [0.15, 0.2) is 0 Å². The molecule has 0 aromatic carbocycles. The van der Waals surface area contributed by atoms with Gasteiger partial charge >= 0.3 is 6.01 Å². The van der Waals surface area contributed by atoms with Gasteiger partial charge in [-0.2, -0.15) is 0 Å². The molecule has 0 aliphatic carbocycles. The predicted molar refractivity (Wildman–Crippen MR) is 98.0 cm³/mol. The van der Waals surface area contributed by atoms with Crippen LogP contribution in [0.3, 0.4) is 0 Å². The summed E-state index contributed by atoms with van der Waals surface area (Å²) in [5.74, 6) is 1.95. The van der Waals surface area contributed by atoms with Crippen LogP contribution >= 0.6 is 0 Å². The molecule has 0 radical (unpaired) electrons. The highest BCUT2D eigenvalue weighted by Crippen LogP contribution is 2.22. The summed E-state index contributed by atoms with van der Waals surface area (Å²) in [4.78, 5) is 21.8. The van der Waals surface area contributed by atoms with Crippen molar-refractivity contribution in [1.82, 2.24) is 14.9 Å². The molecular weight excluding hydrogens is 332 g/mol. The molecule has 1 saturated heterocycles. The van der Waals surface area contributed by atoms with Crippen molar-refractivity contribution in [2.75, 3.05) is 25.0 Å². The first kappa shape index (κ1) is 18.4. The molecule has 0 spiro atoms. The fourth-order valence-electron chi connectivity index (χ4n) is 3.33. The van der Waals surface area contributed by atoms with Crippen molar-refractivity contribution in [2.45, 2.75) is 40.2 Å². The number of nitrogens with zero attached hydrogens (tertiary/aromatic N) is 3. The lowest BCUT2D eigenvalue weighted by atomic mass is 9.99. The van der Waals surface area contributed by atoms with Crippen LogP contribution < -0.4 is 10.1 Å². The van der Waals surface area contributed by atoms with E-state index in [0.717, 1.165) is 48.8 Å². The number of aromatic nitrogens is 2. The van der Waals surface area contributed by atoms with Crippen molar-refractivity contribution >= 4 is 11.9 Å². The second-order valence-corrected chi connectivity index (χ2v) is 6.95. The van der Waals surface area contributed by atoms with Crippen molar-refractivity contribution in [3.8, 4) is 5.75 Å². The third kappa shape index (κ3) is 5.29. The fraction of sp³-hybridized carbons (Fsp3) is 0.526. The highest BCUT2D eigenvalue weighted by atomic mass is 16.5. The molecule has 3 rings (SSSR count). The van der Waals surface area contributed by atoms with Crippen LogP contribution in [0, 0.1) is 19.8 Å². The van der Waals surface area contributed by atoms with E-state index in [9.17, 15) is 4.79 Å². The van der Waals surface area contributed by atoms with Crippen molar-refractivity contribution in [3.63, 3.8) is 0 Å². The Balaban J connectivity index is 1.50. The summed E-state index contributed by atoms with van der Waals surface area (Å²) < 4.78 is 11.6. The zero-order valence-corrected chi connectivity index (χ0v) is 15.6. The molecule has 1 unspecified atom stereocenters. The van der Waals surface area contributed by atoms with Crippen molar-refractivity contribution in [3.05, 3.63) is 35.5 Å². The summed E-state index contributed by atoms with van der Waals surface area (Å²) in [7, 11) is 0. The predicted octanol–water partition coefficient (Wildman–Crippen LogP) is 2.94. The van der Waals surface area contributed by atoms with Crippen LogP contribution in [0.1, 0.15) is 36.9 Å². The summed E-state index contributed by atoms with van der Waals surface area (Å²) in [6, 6.07) is 4.21. The van der Waals surface area contributed by atoms with E-state index < -0.39 is 0 Å². The Morgan fingerprint density at radius 2 is 2.15 bits per heavy atom. The average Bonchev–Trinajstić information content (AvgIpc) is 2.98. The van der Waals surface area contributed by atoms with Gasteiger partial charge in [-0.3, -0.25) is 20.0 Å². The van der Waals surface area contributed by atoms with E-state index in [0.29, 0.717) is 19.1 Å². The van der Waals surface area contributed by atoms with Crippen molar-refractivity contribution in [2.24, 2.45) is 5.92 Å². The van der Waals surface area contributed by atoms with E-state index in [1.807, 2.05) is 26.0 Å². The zero-order chi connectivity index (χ0) is 18.5. The normalized spacial score (nSPS) is 17.9. The van der Waals surface area contributed by atoms with Crippen LogP contribution in [-0.4, -0.2) is 40.5 Å². The number of hydrogen-bond donors (Lipinski definition) is 1. The summed E-state index contributed by atoms with van der Waals surface area (Å²) in [6.45, 7) is 8.78. The van der Waals surface area contributed by atoms with Gasteiger partial charge in [-0.1, -0.05) is 0 Å². The number of amides is 1. The Morgan fingerprint density at radius 1 is 1.38 bits per heavy atom. The first-order chi connectivity index (χ1) is 12.5. The Labute approximate surface area is 153 Å². The Kier molecular flexibility index (Phi) is 5.88. The number of anilines is 1. The van der Waals surface area contributed by atoms with Crippen LogP contribution in [0.25, 0.3) is 0 Å². The van der Waals surface area contributed by atoms with Gasteiger partial charge in [-0.15, -0.1) is 0 Å². The Bertz CT molecular complexity index is 739. The minimum absolute atomic E-state index is 0.185. The molecule has 1 fully saturated rings. The van der Waals surface area contributed by atoms with E-state index in [1.165, 1.54) is 6.92 Å². The number of likely N-dealkylation sites (tertiary alicyclic amines) is 1. The minimum Gasteiger partial charge on any atom is -0.493 e. The molecule has 2 aromatic heterocycles. The molecule has 7 nitrogen and oxygen atoms in total. The number of hydrogen-bond acceptors (Lipinski definition) is 6. The molecule has 1 amide bonds. The lowest BCUT2D eigenvalue weighted by Gasteiger charge is -2.31. The van der Waals surface area contributed by atoms with E-state index in [4.69, 9.17) is 9.15 Å². The van der Waals surface area contributed by atoms with Crippen LogP contribution in [0.15, 0.2) is 22.7 Å². The third-order valence-corrected chi connectivity index (χ3v) is 4.36. The number of pyridine rings is 1. The zero-order valence-electron chi connectivity index (χ0n) is 15.6. The van der Waals surface area contributed by atoms with Gasteiger partial charge in [0.25, 0.3) is 0 Å². The Morgan fingerprint density at radius 3 is 2.88 bits per heavy atom. The van der Waals surface area contributed by atoms with Gasteiger partial charge in [0, 0.05) is 42.9 Å². The van der Waals surface area contributed by atoms with Gasteiger partial charge < -0.3 is 9.15 Å². The summed E-state index contributed by atoms with van der Waals surface area (Å²) in [6.07, 6.45) is 3.97. The maximum atomic E-state index is 11.0. The SMILES string of the molecule is CC(=O)Nc1ncc(CN2CCCC(COc3cc(C)nc(C)c3)C2)o1. The number of ether oxygens (including phenoxy) is 1.